The summed E-state index contributed by atoms with van der Waals surface area (Å²) < 4.78 is 289. The van der Waals surface area contributed by atoms with Gasteiger partial charge in [0.2, 0.25) is 0 Å². The van der Waals surface area contributed by atoms with Gasteiger partial charge in [0.15, 0.2) is 0 Å². The van der Waals surface area contributed by atoms with Crippen molar-refractivity contribution in [1.29, 1.82) is 0 Å². The first-order valence-corrected chi connectivity index (χ1v) is 8.91. The molecule has 27 heteroatoms. The van der Waals surface area contributed by atoms with Crippen molar-refractivity contribution in [1.82, 2.24) is 0 Å². The number of ether oxygens (including phenoxy) is 1. The van der Waals surface area contributed by atoms with Crippen molar-refractivity contribution in [2.45, 2.75) is 58.4 Å². The molecule has 0 aliphatic carbocycles. The first-order chi connectivity index (χ1) is 15.0. The van der Waals surface area contributed by atoms with Gasteiger partial charge in [0.1, 0.15) is 0 Å². The average Bonchev–Trinajstić information content (AvgIpc) is 2.57. The van der Waals surface area contributed by atoms with Crippen LogP contribution in [0.1, 0.15) is 0 Å². The van der Waals surface area contributed by atoms with E-state index in [9.17, 15) is 96.2 Å². The van der Waals surface area contributed by atoms with Gasteiger partial charge in [-0.2, -0.15) is 96.2 Å². The van der Waals surface area contributed by atoms with Gasteiger partial charge in [-0.1, -0.05) is 0 Å². The molecular weight excluding hydrogens is 671 g/mol. The van der Waals surface area contributed by atoms with Crippen LogP contribution in [0, 0.1) is 0 Å². The first-order valence-electron chi connectivity index (χ1n) is 7.10. The molecular formula is C10H2ClF20KO4S. The van der Waals surface area contributed by atoms with E-state index in [0.29, 0.717) is 0 Å². The average molecular weight is 673 g/mol. The van der Waals surface area contributed by atoms with E-state index in [1.54, 1.807) is 0 Å². The van der Waals surface area contributed by atoms with Crippen molar-refractivity contribution in [2.24, 2.45) is 0 Å². The molecule has 37 heavy (non-hydrogen) atoms. The molecule has 0 amide bonds. The summed E-state index contributed by atoms with van der Waals surface area (Å²) in [4.78, 5) is 0. The Morgan fingerprint density at radius 2 is 0.730 bits per heavy atom. The second-order valence-corrected chi connectivity index (χ2v) is 8.01. The second kappa shape index (κ2) is 10.0. The van der Waals surface area contributed by atoms with Crippen LogP contribution in [0.3, 0.4) is 0 Å². The van der Waals surface area contributed by atoms with E-state index in [-0.39, 0.29) is 51.4 Å². The Morgan fingerprint density at radius 3 is 0.973 bits per heavy atom. The van der Waals surface area contributed by atoms with Crippen LogP contribution in [0.15, 0.2) is 0 Å². The van der Waals surface area contributed by atoms with Gasteiger partial charge in [-0.25, -0.2) is 4.74 Å². The summed E-state index contributed by atoms with van der Waals surface area (Å²) in [5.41, 5.74) is 0. The Hall–Kier alpha value is 0.396. The molecule has 0 atom stereocenters. The molecule has 0 radical (unpaired) electrons. The van der Waals surface area contributed by atoms with E-state index in [0.717, 1.165) is 4.74 Å². The number of rotatable bonds is 11. The molecule has 0 aliphatic rings. The SMILES string of the molecule is O=S(=O)(O)C(F)(F)C(F)(F)OC(F)(F)C(F)(F)C(F)(F)C(F)(F)C(F)(F)C(F)(F)C(F)(F)C(F)(F)Cl.[KH]. The minimum absolute atomic E-state index is 0. The van der Waals surface area contributed by atoms with Gasteiger partial charge >= 0.3 is 120 Å². The van der Waals surface area contributed by atoms with Crippen molar-refractivity contribution < 1.29 is 106 Å². The quantitative estimate of drug-likeness (QED) is 0.133. The maximum atomic E-state index is 13.4. The first kappa shape index (κ1) is 39.5. The zero-order valence-electron chi connectivity index (χ0n) is 15.0. The van der Waals surface area contributed by atoms with Gasteiger partial charge in [-0.15, -0.1) is 0 Å². The molecule has 0 saturated carbocycles. The second-order valence-electron chi connectivity index (χ2n) is 6.07. The van der Waals surface area contributed by atoms with Crippen molar-refractivity contribution in [3.05, 3.63) is 0 Å². The van der Waals surface area contributed by atoms with Crippen molar-refractivity contribution >= 4 is 73.1 Å². The Bertz CT molecular complexity index is 943. The molecule has 0 heterocycles. The fraction of sp³-hybridized carbons (Fsp3) is 1.00. The molecule has 0 spiro atoms. The standard InChI is InChI=1S/C10HClF20O4S.K.H/c11-7(24,25)5(20,21)3(16,17)1(12,13)2(14,15)4(18,19)6(22,23)8(26,27)35-9(28,29)10(30,31)36(32,33)34;;/h(H,32,33,34);;. The van der Waals surface area contributed by atoms with E-state index in [1.807, 2.05) is 0 Å². The molecule has 0 aliphatic heterocycles. The van der Waals surface area contributed by atoms with Crippen LogP contribution in [-0.2, 0) is 14.9 Å². The molecule has 4 nitrogen and oxygen atoms in total. The summed E-state index contributed by atoms with van der Waals surface area (Å²) in [6.07, 6.45) is -16.3. The maximum absolute atomic E-state index is 13.4. The van der Waals surface area contributed by atoms with Gasteiger partial charge < -0.3 is 0 Å². The fourth-order valence-corrected chi connectivity index (χ4v) is 2.04. The molecule has 0 aromatic rings. The molecule has 0 saturated heterocycles. The number of halogens is 21. The number of hydrogen-bond acceptors (Lipinski definition) is 3. The van der Waals surface area contributed by atoms with Crippen LogP contribution in [0.4, 0.5) is 87.8 Å². The van der Waals surface area contributed by atoms with Gasteiger partial charge in [0.05, 0.1) is 0 Å². The van der Waals surface area contributed by atoms with Crippen molar-refractivity contribution in [2.75, 3.05) is 0 Å². The summed E-state index contributed by atoms with van der Waals surface area (Å²) in [5.74, 6) is -52.8. The van der Waals surface area contributed by atoms with E-state index >= 15 is 0 Å². The third-order valence-electron chi connectivity index (χ3n) is 3.61. The predicted octanol–water partition coefficient (Wildman–Crippen LogP) is 5.66. The predicted molar refractivity (Wildman–Crippen MR) is 75.1 cm³/mol. The van der Waals surface area contributed by atoms with Crippen LogP contribution >= 0.6 is 11.6 Å². The topological polar surface area (TPSA) is 63.6 Å². The Labute approximate surface area is 235 Å². The fourth-order valence-electron chi connectivity index (χ4n) is 1.58. The van der Waals surface area contributed by atoms with Crippen molar-refractivity contribution in [3.63, 3.8) is 0 Å². The zero-order chi connectivity index (χ0) is 30.2. The normalized spacial score (nSPS) is 16.5. The molecule has 0 bridgehead atoms. The van der Waals surface area contributed by atoms with E-state index < -0.39 is 68.5 Å². The van der Waals surface area contributed by atoms with Gasteiger partial charge in [-0.05, 0) is 11.6 Å². The molecule has 0 unspecified atom stereocenters. The third kappa shape index (κ3) is 5.64. The van der Waals surface area contributed by atoms with Crippen molar-refractivity contribution in [3.8, 4) is 0 Å². The van der Waals surface area contributed by atoms with Gasteiger partial charge in [-0.3, -0.25) is 4.55 Å². The van der Waals surface area contributed by atoms with Gasteiger partial charge in [0, 0.05) is 0 Å². The summed E-state index contributed by atoms with van der Waals surface area (Å²) in [5, 5.41) is -14.6. The molecule has 0 fully saturated rings. The summed E-state index contributed by atoms with van der Waals surface area (Å²) in [6, 6.07) is 0. The minimum atomic E-state index is -9.12. The number of hydrogen-bond donors (Lipinski definition) is 1. The van der Waals surface area contributed by atoms with E-state index in [1.165, 1.54) is 0 Å². The van der Waals surface area contributed by atoms with Crippen LogP contribution in [0.5, 0.6) is 0 Å². The van der Waals surface area contributed by atoms with E-state index in [4.69, 9.17) is 4.55 Å². The molecule has 0 rings (SSSR count). The Balaban J connectivity index is 0. The molecule has 0 aromatic carbocycles. The Kier molecular flexibility index (Phi) is 10.7. The monoisotopic (exact) mass is 672 g/mol. The Morgan fingerprint density at radius 1 is 0.486 bits per heavy atom. The summed E-state index contributed by atoms with van der Waals surface area (Å²) in [6.45, 7) is 0. The molecule has 1 N–H and O–H groups in total. The summed E-state index contributed by atoms with van der Waals surface area (Å²) >= 11 is 3.25. The summed E-state index contributed by atoms with van der Waals surface area (Å²) in [7, 11) is -7.72. The zero-order valence-corrected chi connectivity index (χ0v) is 16.6. The number of alkyl halides is 21. The van der Waals surface area contributed by atoms with Gasteiger partial charge in [0.25, 0.3) is 0 Å². The molecule has 220 valence electrons. The molecule has 0 aromatic heterocycles. The van der Waals surface area contributed by atoms with Crippen LogP contribution in [0.2, 0.25) is 0 Å². The van der Waals surface area contributed by atoms with Crippen LogP contribution < -0.4 is 0 Å². The third-order valence-corrected chi connectivity index (χ3v) is 4.74. The van der Waals surface area contributed by atoms with Crippen LogP contribution in [0.25, 0.3) is 0 Å². The van der Waals surface area contributed by atoms with Crippen LogP contribution in [-0.4, -0.2) is 123 Å². The van der Waals surface area contributed by atoms with E-state index in [2.05, 4.69) is 11.6 Å².